The molecule has 0 radical (unpaired) electrons. The summed E-state index contributed by atoms with van der Waals surface area (Å²) in [5, 5.41) is 3.09. The van der Waals surface area contributed by atoms with Crippen molar-refractivity contribution in [1.29, 1.82) is 0 Å². The van der Waals surface area contributed by atoms with Crippen molar-refractivity contribution >= 4 is 17.3 Å². The number of nitrogens with zero attached hydrogens (tertiary/aromatic N) is 2. The van der Waals surface area contributed by atoms with Gasteiger partial charge in [-0.1, -0.05) is 43.5 Å². The number of anilines is 1. The van der Waals surface area contributed by atoms with E-state index in [1.165, 1.54) is 18.7 Å². The lowest BCUT2D eigenvalue weighted by atomic mass is 9.84. The highest BCUT2D eigenvalue weighted by molar-refractivity contribution is 6.09. The third-order valence-electron chi connectivity index (χ3n) is 6.26. The first kappa shape index (κ1) is 23.4. The van der Waals surface area contributed by atoms with Crippen LogP contribution in [-0.4, -0.2) is 27.8 Å². The summed E-state index contributed by atoms with van der Waals surface area (Å²) in [6.45, 7) is 0.745. The summed E-state index contributed by atoms with van der Waals surface area (Å²) in [6.07, 6.45) is 9.89. The van der Waals surface area contributed by atoms with E-state index in [9.17, 15) is 9.59 Å². The highest BCUT2D eigenvalue weighted by Crippen LogP contribution is 2.32. The topological polar surface area (TPSA) is 140 Å². The van der Waals surface area contributed by atoms with Gasteiger partial charge in [0.1, 0.15) is 0 Å². The smallest absolute Gasteiger partial charge is 0.251 e. The fraction of sp³-hybridized carbons (Fsp3) is 0.308. The van der Waals surface area contributed by atoms with E-state index in [-0.39, 0.29) is 25.8 Å². The highest BCUT2D eigenvalue weighted by Gasteiger charge is 2.20. The highest BCUT2D eigenvalue weighted by atomic mass is 16.1. The molecule has 34 heavy (non-hydrogen) atoms. The molecule has 0 spiro atoms. The summed E-state index contributed by atoms with van der Waals surface area (Å²) in [4.78, 5) is 36.9. The Morgan fingerprint density at radius 3 is 2.68 bits per heavy atom. The van der Waals surface area contributed by atoms with E-state index in [1.54, 1.807) is 6.20 Å². The van der Waals surface area contributed by atoms with E-state index < -0.39 is 5.78 Å². The quantitative estimate of drug-likeness (QED) is 0.309. The van der Waals surface area contributed by atoms with Crippen LogP contribution in [0.2, 0.25) is 0 Å². The molecular formula is C26H34N6O2. The molecule has 0 bridgehead atoms. The van der Waals surface area contributed by atoms with Crippen molar-refractivity contribution in [2.75, 3.05) is 12.8 Å². The predicted octanol–water partition coefficient (Wildman–Crippen LogP) is 3.86. The van der Waals surface area contributed by atoms with Gasteiger partial charge in [-0.3, -0.25) is 9.59 Å². The van der Waals surface area contributed by atoms with Crippen molar-refractivity contribution in [2.24, 2.45) is 5.73 Å². The Hall–Kier alpha value is -3.78. The number of rotatable bonds is 7. The van der Waals surface area contributed by atoms with Gasteiger partial charge in [0.25, 0.3) is 5.56 Å². The average Bonchev–Trinajstić information content (AvgIpc) is 2.86. The Balaban J connectivity index is 0.00000228. The largest absolute Gasteiger partial charge is 0.398 e. The van der Waals surface area contributed by atoms with Gasteiger partial charge in [0.05, 0.1) is 11.9 Å². The molecular weight excluding hydrogens is 428 g/mol. The first-order valence-corrected chi connectivity index (χ1v) is 11.6. The maximum absolute atomic E-state index is 13.0. The minimum absolute atomic E-state index is 0. The van der Waals surface area contributed by atoms with Gasteiger partial charge in [-0.05, 0) is 43.0 Å². The van der Waals surface area contributed by atoms with E-state index in [1.807, 2.05) is 37.4 Å². The number of benzene rings is 1. The number of carbonyl (C=O) groups excluding carboxylic acids is 1. The zero-order chi connectivity index (χ0) is 24.1. The number of ketones is 1. The maximum Gasteiger partial charge on any atom is 0.251 e. The number of H-pyrrole nitrogens is 1. The van der Waals surface area contributed by atoms with Crippen LogP contribution in [0.3, 0.4) is 0 Å². The lowest BCUT2D eigenvalue weighted by molar-refractivity contribution is 0.104. The SMILES string of the molecule is CNCc1ccc(C(N)=CC(=O)c2nc(-c3c[nH]c(=O)c(C4CCCCC4)c3)cnc2N)cc1.[HH].[HH]. The standard InChI is InChI=1S/C26H30N6O2.2H2/c1-29-13-16-7-9-18(10-8-16)21(27)12-23(33)24-25(28)30-15-22(32-24)19-11-20(26(34)31-14-19)17-5-3-2-4-6-17;;/h7-12,14-15,17,29H,2-6,13,27H2,1H3,(H2,28,30)(H,31,34);2*1H. The Morgan fingerprint density at radius 2 is 1.97 bits per heavy atom. The van der Waals surface area contributed by atoms with Crippen LogP contribution in [0.15, 0.2) is 53.6 Å². The molecule has 1 aliphatic rings. The van der Waals surface area contributed by atoms with Gasteiger partial charge >= 0.3 is 0 Å². The van der Waals surface area contributed by atoms with Crippen molar-refractivity contribution in [3.8, 4) is 11.3 Å². The van der Waals surface area contributed by atoms with E-state index >= 15 is 0 Å². The van der Waals surface area contributed by atoms with Gasteiger partial charge < -0.3 is 21.8 Å². The second kappa shape index (κ2) is 10.4. The van der Waals surface area contributed by atoms with Crippen LogP contribution in [0, 0.1) is 0 Å². The Morgan fingerprint density at radius 1 is 1.24 bits per heavy atom. The number of aromatic amines is 1. The average molecular weight is 463 g/mol. The van der Waals surface area contributed by atoms with Gasteiger partial charge in [0, 0.05) is 38.5 Å². The van der Waals surface area contributed by atoms with Crippen LogP contribution in [-0.2, 0) is 6.54 Å². The Bertz CT molecular complexity index is 1270. The summed E-state index contributed by atoms with van der Waals surface area (Å²) >= 11 is 0. The van der Waals surface area contributed by atoms with E-state index in [2.05, 4.69) is 20.3 Å². The second-order valence-electron chi connectivity index (χ2n) is 8.69. The Labute approximate surface area is 201 Å². The molecule has 6 N–H and O–H groups in total. The molecule has 0 unspecified atom stereocenters. The first-order chi connectivity index (χ1) is 16.5. The Kier molecular flexibility index (Phi) is 7.18. The number of nitrogens with two attached hydrogens (primary N) is 2. The van der Waals surface area contributed by atoms with Crippen LogP contribution in [0.5, 0.6) is 0 Å². The fourth-order valence-electron chi connectivity index (χ4n) is 4.40. The molecule has 2 heterocycles. The number of allylic oxidation sites excluding steroid dienone is 1. The van der Waals surface area contributed by atoms with E-state index in [0.717, 1.165) is 48.9 Å². The zero-order valence-electron chi connectivity index (χ0n) is 19.3. The van der Waals surface area contributed by atoms with Gasteiger partial charge in [-0.15, -0.1) is 0 Å². The molecule has 0 saturated heterocycles. The zero-order valence-corrected chi connectivity index (χ0v) is 19.3. The lowest BCUT2D eigenvalue weighted by Gasteiger charge is -2.21. The van der Waals surface area contributed by atoms with Crippen LogP contribution in [0.1, 0.15) is 68.1 Å². The number of nitrogen functional groups attached to an aromatic ring is 1. The van der Waals surface area contributed by atoms with E-state index in [0.29, 0.717) is 17.0 Å². The number of nitrogens with one attached hydrogen (secondary N) is 2. The van der Waals surface area contributed by atoms with Gasteiger partial charge in [-0.2, -0.15) is 0 Å². The van der Waals surface area contributed by atoms with E-state index in [4.69, 9.17) is 11.5 Å². The lowest BCUT2D eigenvalue weighted by Crippen LogP contribution is -2.18. The molecule has 1 fully saturated rings. The van der Waals surface area contributed by atoms with Gasteiger partial charge in [0.15, 0.2) is 11.5 Å². The summed E-state index contributed by atoms with van der Waals surface area (Å²) in [5.74, 6) is -0.165. The predicted molar refractivity (Wildman–Crippen MR) is 138 cm³/mol. The molecule has 2 aromatic heterocycles. The molecule has 0 amide bonds. The van der Waals surface area contributed by atoms with Gasteiger partial charge in [0.2, 0.25) is 5.78 Å². The van der Waals surface area contributed by atoms with Crippen LogP contribution in [0.4, 0.5) is 5.82 Å². The second-order valence-corrected chi connectivity index (χ2v) is 8.69. The molecule has 4 rings (SSSR count). The maximum atomic E-state index is 13.0. The number of pyridine rings is 1. The van der Waals surface area contributed by atoms with Crippen molar-refractivity contribution in [3.05, 3.63) is 81.5 Å². The molecule has 3 aromatic rings. The molecule has 0 aliphatic heterocycles. The third-order valence-corrected chi connectivity index (χ3v) is 6.26. The van der Waals surface area contributed by atoms with Crippen LogP contribution >= 0.6 is 0 Å². The summed E-state index contributed by atoms with van der Waals surface area (Å²) in [5.41, 5.74) is 16.2. The summed E-state index contributed by atoms with van der Waals surface area (Å²) < 4.78 is 0. The summed E-state index contributed by atoms with van der Waals surface area (Å²) in [7, 11) is 1.88. The van der Waals surface area contributed by atoms with Crippen molar-refractivity contribution in [3.63, 3.8) is 0 Å². The normalized spacial score (nSPS) is 14.8. The van der Waals surface area contributed by atoms with Crippen molar-refractivity contribution in [2.45, 2.75) is 44.6 Å². The minimum Gasteiger partial charge on any atom is -0.398 e. The third kappa shape index (κ3) is 5.23. The molecule has 0 atom stereocenters. The molecule has 1 aromatic carbocycles. The fourth-order valence-corrected chi connectivity index (χ4v) is 4.40. The minimum atomic E-state index is -0.430. The number of aromatic nitrogens is 3. The van der Waals surface area contributed by atoms with Crippen LogP contribution in [0.25, 0.3) is 17.0 Å². The van der Waals surface area contributed by atoms with Crippen LogP contribution < -0.4 is 22.3 Å². The molecule has 1 aliphatic carbocycles. The number of hydrogen-bond acceptors (Lipinski definition) is 7. The molecule has 1 saturated carbocycles. The number of carbonyl (C=O) groups is 1. The number of hydrogen-bond donors (Lipinski definition) is 4. The van der Waals surface area contributed by atoms with Gasteiger partial charge in [-0.25, -0.2) is 9.97 Å². The molecule has 8 nitrogen and oxygen atoms in total. The summed E-state index contributed by atoms with van der Waals surface area (Å²) in [6, 6.07) is 9.49. The first-order valence-electron chi connectivity index (χ1n) is 11.6. The monoisotopic (exact) mass is 462 g/mol. The molecule has 180 valence electrons. The van der Waals surface area contributed by atoms with Crippen molar-refractivity contribution < 1.29 is 7.65 Å². The molecule has 8 heteroatoms. The van der Waals surface area contributed by atoms with Crippen molar-refractivity contribution in [1.82, 2.24) is 20.3 Å².